The molecule has 2 N–H and O–H groups in total. The van der Waals surface area contributed by atoms with Gasteiger partial charge in [0.2, 0.25) is 0 Å². The van der Waals surface area contributed by atoms with E-state index >= 15 is 0 Å². The first-order valence-corrected chi connectivity index (χ1v) is 7.48. The molecule has 2 aromatic rings. The molecule has 2 rings (SSSR count). The van der Waals surface area contributed by atoms with E-state index < -0.39 is 6.10 Å². The lowest BCUT2D eigenvalue weighted by molar-refractivity contribution is 0.171. The second-order valence-corrected chi connectivity index (χ2v) is 5.90. The van der Waals surface area contributed by atoms with E-state index in [2.05, 4.69) is 30.6 Å². The largest absolute Gasteiger partial charge is 0.387 e. The standard InChI is InChI=1S/C13H17NOS2/c1-9-3-6-17-13(9)10(2)14-7-12(15)11-4-5-16-8-11/h3-6,8,10,12,14-15H,7H2,1-2H3. The van der Waals surface area contributed by atoms with Crippen molar-refractivity contribution >= 4 is 22.7 Å². The van der Waals surface area contributed by atoms with E-state index in [-0.39, 0.29) is 0 Å². The average Bonchev–Trinajstić information content (AvgIpc) is 2.95. The van der Waals surface area contributed by atoms with Crippen molar-refractivity contribution in [3.8, 4) is 0 Å². The lowest BCUT2D eigenvalue weighted by Crippen LogP contribution is -2.24. The SMILES string of the molecule is Cc1ccsc1C(C)NCC(O)c1ccsc1. The van der Waals surface area contributed by atoms with E-state index in [1.165, 1.54) is 10.4 Å². The van der Waals surface area contributed by atoms with Gasteiger partial charge >= 0.3 is 0 Å². The maximum Gasteiger partial charge on any atom is 0.0922 e. The number of aryl methyl sites for hydroxylation is 1. The molecule has 4 heteroatoms. The summed E-state index contributed by atoms with van der Waals surface area (Å²) in [5.41, 5.74) is 2.32. The summed E-state index contributed by atoms with van der Waals surface area (Å²) in [7, 11) is 0. The molecule has 0 spiro atoms. The summed E-state index contributed by atoms with van der Waals surface area (Å²) in [6, 6.07) is 4.40. The third-order valence-electron chi connectivity index (χ3n) is 2.84. The van der Waals surface area contributed by atoms with E-state index in [0.717, 1.165) is 5.56 Å². The van der Waals surface area contributed by atoms with Crippen LogP contribution in [0.2, 0.25) is 0 Å². The first-order valence-electron chi connectivity index (χ1n) is 5.66. The van der Waals surface area contributed by atoms with Crippen molar-refractivity contribution in [2.24, 2.45) is 0 Å². The Hall–Kier alpha value is -0.680. The van der Waals surface area contributed by atoms with Crippen LogP contribution in [0, 0.1) is 6.92 Å². The Bertz CT molecular complexity index is 450. The summed E-state index contributed by atoms with van der Waals surface area (Å²) in [4.78, 5) is 1.35. The highest BCUT2D eigenvalue weighted by Gasteiger charge is 2.12. The van der Waals surface area contributed by atoms with E-state index in [1.54, 1.807) is 22.7 Å². The van der Waals surface area contributed by atoms with Gasteiger partial charge in [0, 0.05) is 17.5 Å². The van der Waals surface area contributed by atoms with Crippen molar-refractivity contribution in [3.63, 3.8) is 0 Å². The van der Waals surface area contributed by atoms with Gasteiger partial charge in [-0.3, -0.25) is 0 Å². The number of hydrogen-bond acceptors (Lipinski definition) is 4. The first-order chi connectivity index (χ1) is 8.18. The van der Waals surface area contributed by atoms with E-state index in [1.807, 2.05) is 16.8 Å². The van der Waals surface area contributed by atoms with Gasteiger partial charge in [-0.25, -0.2) is 0 Å². The van der Waals surface area contributed by atoms with Crippen LogP contribution in [-0.2, 0) is 0 Å². The third-order valence-corrected chi connectivity index (χ3v) is 4.74. The molecule has 2 heterocycles. The normalized spacial score (nSPS) is 14.8. The van der Waals surface area contributed by atoms with Crippen LogP contribution in [0.1, 0.15) is 35.1 Å². The third kappa shape index (κ3) is 3.16. The van der Waals surface area contributed by atoms with Crippen LogP contribution in [0.4, 0.5) is 0 Å². The van der Waals surface area contributed by atoms with Crippen LogP contribution in [0.3, 0.4) is 0 Å². The molecule has 0 bridgehead atoms. The fraction of sp³-hybridized carbons (Fsp3) is 0.385. The van der Waals surface area contributed by atoms with Gasteiger partial charge in [-0.1, -0.05) is 0 Å². The molecule has 0 fully saturated rings. The summed E-state index contributed by atoms with van der Waals surface area (Å²) in [5, 5.41) is 19.4. The molecule has 2 unspecified atom stereocenters. The molecule has 0 aliphatic carbocycles. The predicted molar refractivity (Wildman–Crippen MR) is 74.8 cm³/mol. The van der Waals surface area contributed by atoms with E-state index in [0.29, 0.717) is 12.6 Å². The molecule has 0 aliphatic rings. The lowest BCUT2D eigenvalue weighted by Gasteiger charge is -2.16. The maximum atomic E-state index is 9.97. The van der Waals surface area contributed by atoms with Crippen molar-refractivity contribution in [1.29, 1.82) is 0 Å². The first kappa shape index (κ1) is 12.8. The summed E-state index contributed by atoms with van der Waals surface area (Å²) in [5.74, 6) is 0. The van der Waals surface area contributed by atoms with Crippen LogP contribution in [0.5, 0.6) is 0 Å². The summed E-state index contributed by atoms with van der Waals surface area (Å²) >= 11 is 3.38. The summed E-state index contributed by atoms with van der Waals surface area (Å²) in [6.07, 6.45) is -0.413. The van der Waals surface area contributed by atoms with Crippen molar-refractivity contribution in [3.05, 3.63) is 44.3 Å². The van der Waals surface area contributed by atoms with Gasteiger partial charge in [0.05, 0.1) is 6.10 Å². The summed E-state index contributed by atoms with van der Waals surface area (Å²) < 4.78 is 0. The van der Waals surface area contributed by atoms with Gasteiger partial charge in [0.1, 0.15) is 0 Å². The van der Waals surface area contributed by atoms with Crippen LogP contribution >= 0.6 is 22.7 Å². The fourth-order valence-electron chi connectivity index (χ4n) is 1.79. The van der Waals surface area contributed by atoms with Crippen molar-refractivity contribution in [1.82, 2.24) is 5.32 Å². The quantitative estimate of drug-likeness (QED) is 0.869. The molecule has 2 nitrogen and oxygen atoms in total. The Balaban J connectivity index is 1.88. The Morgan fingerprint density at radius 2 is 2.18 bits per heavy atom. The number of nitrogens with one attached hydrogen (secondary N) is 1. The van der Waals surface area contributed by atoms with Gasteiger partial charge in [0.15, 0.2) is 0 Å². The zero-order chi connectivity index (χ0) is 12.3. The van der Waals surface area contributed by atoms with Gasteiger partial charge in [-0.15, -0.1) is 11.3 Å². The summed E-state index contributed by atoms with van der Waals surface area (Å²) in [6.45, 7) is 4.85. The van der Waals surface area contributed by atoms with Gasteiger partial charge < -0.3 is 10.4 Å². The Morgan fingerprint density at radius 1 is 1.35 bits per heavy atom. The molecular weight excluding hydrogens is 250 g/mol. The molecule has 0 saturated carbocycles. The maximum absolute atomic E-state index is 9.97. The van der Waals surface area contributed by atoms with Crippen molar-refractivity contribution < 1.29 is 5.11 Å². The zero-order valence-corrected chi connectivity index (χ0v) is 11.6. The smallest absolute Gasteiger partial charge is 0.0922 e. The van der Waals surface area contributed by atoms with E-state index in [9.17, 15) is 5.11 Å². The van der Waals surface area contributed by atoms with Gasteiger partial charge in [-0.2, -0.15) is 11.3 Å². The molecule has 17 heavy (non-hydrogen) atoms. The minimum Gasteiger partial charge on any atom is -0.387 e. The monoisotopic (exact) mass is 267 g/mol. The number of hydrogen-bond donors (Lipinski definition) is 2. The molecule has 2 aromatic heterocycles. The minimum absolute atomic E-state index is 0.295. The molecule has 0 aromatic carbocycles. The van der Waals surface area contributed by atoms with Crippen LogP contribution in [0.15, 0.2) is 28.3 Å². The van der Waals surface area contributed by atoms with Crippen LogP contribution < -0.4 is 5.32 Å². The van der Waals surface area contributed by atoms with Crippen molar-refractivity contribution in [2.75, 3.05) is 6.54 Å². The molecule has 2 atom stereocenters. The van der Waals surface area contributed by atoms with Crippen molar-refractivity contribution in [2.45, 2.75) is 26.0 Å². The molecule has 0 saturated heterocycles. The number of aliphatic hydroxyl groups is 1. The fourth-order valence-corrected chi connectivity index (χ4v) is 3.46. The number of thiophene rings is 2. The highest BCUT2D eigenvalue weighted by Crippen LogP contribution is 2.24. The van der Waals surface area contributed by atoms with Crippen LogP contribution in [-0.4, -0.2) is 11.7 Å². The molecule has 92 valence electrons. The number of rotatable bonds is 5. The Labute approximate surface area is 110 Å². The lowest BCUT2D eigenvalue weighted by atomic mass is 10.1. The molecular formula is C13H17NOS2. The molecule has 0 aliphatic heterocycles. The second-order valence-electron chi connectivity index (χ2n) is 4.17. The van der Waals surface area contributed by atoms with E-state index in [4.69, 9.17) is 0 Å². The predicted octanol–water partition coefficient (Wildman–Crippen LogP) is 3.50. The van der Waals surface area contributed by atoms with Gasteiger partial charge in [-0.05, 0) is 53.2 Å². The molecule has 0 amide bonds. The highest BCUT2D eigenvalue weighted by molar-refractivity contribution is 7.10. The van der Waals surface area contributed by atoms with Gasteiger partial charge in [0.25, 0.3) is 0 Å². The topological polar surface area (TPSA) is 32.3 Å². The average molecular weight is 267 g/mol. The Morgan fingerprint density at radius 3 is 2.76 bits per heavy atom. The zero-order valence-electron chi connectivity index (χ0n) is 10.0. The Kier molecular flexibility index (Phi) is 4.34. The minimum atomic E-state index is -0.413. The highest BCUT2D eigenvalue weighted by atomic mass is 32.1. The second kappa shape index (κ2) is 5.78. The van der Waals surface area contributed by atoms with Crippen LogP contribution in [0.25, 0.3) is 0 Å². The number of aliphatic hydroxyl groups excluding tert-OH is 1. The molecule has 0 radical (unpaired) electrons.